The monoisotopic (exact) mass is 288 g/mol. The lowest BCUT2D eigenvalue weighted by atomic mass is 10.1. The molecule has 4 heteroatoms. The second kappa shape index (κ2) is 8.21. The molecule has 0 aromatic heterocycles. The molecule has 2 N–H and O–H groups in total. The van der Waals surface area contributed by atoms with Gasteiger partial charge in [0.05, 0.1) is 12.5 Å². The number of nitrogens with zero attached hydrogens (tertiary/aromatic N) is 1. The summed E-state index contributed by atoms with van der Waals surface area (Å²) in [5.74, 6) is 0.773. The van der Waals surface area contributed by atoms with Crippen molar-refractivity contribution in [2.24, 2.45) is 5.73 Å². The predicted molar refractivity (Wildman–Crippen MR) is 81.6 cm³/mol. The molecule has 0 spiro atoms. The molecule has 0 aliphatic heterocycles. The smallest absolute Gasteiger partial charge is 0.120 e. The molecule has 0 amide bonds. The van der Waals surface area contributed by atoms with Crippen molar-refractivity contribution in [3.05, 3.63) is 65.7 Å². The van der Waals surface area contributed by atoms with E-state index >= 15 is 0 Å². The minimum absolute atomic E-state index is 0. The molecule has 0 radical (unpaired) electrons. The number of ether oxygens (including phenoxy) is 1. The molecule has 104 valence electrons. The molecule has 0 bridgehead atoms. The van der Waals surface area contributed by atoms with Crippen molar-refractivity contribution < 1.29 is 4.74 Å². The molecular weight excluding hydrogens is 272 g/mol. The molecule has 0 unspecified atom stereocenters. The quantitative estimate of drug-likeness (QED) is 0.914. The summed E-state index contributed by atoms with van der Waals surface area (Å²) < 4.78 is 5.72. The first-order valence-electron chi connectivity index (χ1n) is 6.19. The summed E-state index contributed by atoms with van der Waals surface area (Å²) in [6.07, 6.45) is 0.308. The summed E-state index contributed by atoms with van der Waals surface area (Å²) >= 11 is 0. The molecule has 0 saturated carbocycles. The van der Waals surface area contributed by atoms with Gasteiger partial charge in [0.1, 0.15) is 12.4 Å². The van der Waals surface area contributed by atoms with Crippen molar-refractivity contribution in [2.45, 2.75) is 19.1 Å². The molecule has 0 aliphatic rings. The Morgan fingerprint density at radius 3 is 2.55 bits per heavy atom. The number of halogens is 1. The van der Waals surface area contributed by atoms with E-state index in [4.69, 9.17) is 15.7 Å². The van der Waals surface area contributed by atoms with Gasteiger partial charge in [-0.15, -0.1) is 12.4 Å². The summed E-state index contributed by atoms with van der Waals surface area (Å²) in [6, 6.07) is 19.4. The van der Waals surface area contributed by atoms with Crippen LogP contribution in [-0.4, -0.2) is 0 Å². The lowest BCUT2D eigenvalue weighted by Crippen LogP contribution is -2.09. The molecule has 3 nitrogen and oxygen atoms in total. The molecule has 0 aliphatic carbocycles. The van der Waals surface area contributed by atoms with Gasteiger partial charge in [0, 0.05) is 6.04 Å². The Hall–Kier alpha value is -2.02. The highest BCUT2D eigenvalue weighted by molar-refractivity contribution is 5.85. The van der Waals surface area contributed by atoms with Crippen molar-refractivity contribution in [2.75, 3.05) is 0 Å². The summed E-state index contributed by atoms with van der Waals surface area (Å²) in [5, 5.41) is 8.66. The normalized spacial score (nSPS) is 11.0. The Labute approximate surface area is 125 Å². The van der Waals surface area contributed by atoms with Crippen molar-refractivity contribution in [1.29, 1.82) is 5.26 Å². The fourth-order valence-corrected chi connectivity index (χ4v) is 1.79. The number of hydrogen-bond donors (Lipinski definition) is 1. The number of nitriles is 1. The average Bonchev–Trinajstić information content (AvgIpc) is 2.47. The molecule has 1 atom stereocenters. The van der Waals surface area contributed by atoms with Gasteiger partial charge in [-0.1, -0.05) is 42.5 Å². The molecule has 0 fully saturated rings. The average molecular weight is 289 g/mol. The number of rotatable bonds is 5. The highest BCUT2D eigenvalue weighted by Crippen LogP contribution is 2.20. The third-order valence-electron chi connectivity index (χ3n) is 2.85. The highest BCUT2D eigenvalue weighted by Gasteiger charge is 2.06. The van der Waals surface area contributed by atoms with Crippen molar-refractivity contribution in [1.82, 2.24) is 0 Å². The Balaban J connectivity index is 0.00000200. The Kier molecular flexibility index (Phi) is 6.58. The van der Waals surface area contributed by atoms with Crippen LogP contribution in [0.5, 0.6) is 5.75 Å². The van der Waals surface area contributed by atoms with E-state index in [0.29, 0.717) is 13.0 Å². The zero-order valence-electron chi connectivity index (χ0n) is 11.0. The first-order chi connectivity index (χ1) is 9.29. The maximum atomic E-state index is 8.66. The Morgan fingerprint density at radius 2 is 1.85 bits per heavy atom. The van der Waals surface area contributed by atoms with E-state index in [1.807, 2.05) is 54.6 Å². The van der Waals surface area contributed by atoms with E-state index in [0.717, 1.165) is 16.9 Å². The summed E-state index contributed by atoms with van der Waals surface area (Å²) in [6.45, 7) is 0.526. The zero-order chi connectivity index (χ0) is 13.5. The molecule has 2 rings (SSSR count). The maximum absolute atomic E-state index is 8.66. The van der Waals surface area contributed by atoms with E-state index in [9.17, 15) is 0 Å². The summed E-state index contributed by atoms with van der Waals surface area (Å²) in [7, 11) is 0. The highest BCUT2D eigenvalue weighted by atomic mass is 35.5. The summed E-state index contributed by atoms with van der Waals surface area (Å²) in [5.41, 5.74) is 7.95. The van der Waals surface area contributed by atoms with Crippen LogP contribution >= 0.6 is 12.4 Å². The Morgan fingerprint density at radius 1 is 1.10 bits per heavy atom. The second-order valence-electron chi connectivity index (χ2n) is 4.32. The van der Waals surface area contributed by atoms with Gasteiger partial charge in [-0.2, -0.15) is 5.26 Å². The predicted octanol–water partition coefficient (Wildman–Crippen LogP) is 3.60. The zero-order valence-corrected chi connectivity index (χ0v) is 11.8. The van der Waals surface area contributed by atoms with Crippen LogP contribution in [0.2, 0.25) is 0 Å². The van der Waals surface area contributed by atoms with E-state index < -0.39 is 0 Å². The maximum Gasteiger partial charge on any atom is 0.120 e. The Bertz CT molecular complexity index is 566. The lowest BCUT2D eigenvalue weighted by molar-refractivity contribution is 0.305. The van der Waals surface area contributed by atoms with E-state index in [1.54, 1.807) is 0 Å². The largest absolute Gasteiger partial charge is 0.489 e. The topological polar surface area (TPSA) is 59.0 Å². The van der Waals surface area contributed by atoms with Gasteiger partial charge >= 0.3 is 0 Å². The molecule has 20 heavy (non-hydrogen) atoms. The fraction of sp³-hybridized carbons (Fsp3) is 0.188. The SMILES string of the molecule is Cl.N#CC[C@@H](N)c1cccc(OCc2ccccc2)c1. The van der Waals surface area contributed by atoms with Crippen molar-refractivity contribution in [3.8, 4) is 11.8 Å². The van der Waals surface area contributed by atoms with Gasteiger partial charge in [-0.25, -0.2) is 0 Å². The molecule has 0 saturated heterocycles. The third-order valence-corrected chi connectivity index (χ3v) is 2.85. The van der Waals surface area contributed by atoms with E-state index in [1.165, 1.54) is 0 Å². The van der Waals surface area contributed by atoms with E-state index in [2.05, 4.69) is 6.07 Å². The molecular formula is C16H17ClN2O. The van der Waals surface area contributed by atoms with Crippen LogP contribution in [0.4, 0.5) is 0 Å². The van der Waals surface area contributed by atoms with Gasteiger partial charge in [0.2, 0.25) is 0 Å². The molecule has 0 heterocycles. The number of benzene rings is 2. The van der Waals surface area contributed by atoms with E-state index in [-0.39, 0.29) is 18.4 Å². The number of hydrogen-bond acceptors (Lipinski definition) is 3. The van der Waals surface area contributed by atoms with Crippen LogP contribution in [0.3, 0.4) is 0 Å². The van der Waals surface area contributed by atoms with Crippen molar-refractivity contribution in [3.63, 3.8) is 0 Å². The van der Waals surface area contributed by atoms with Crippen LogP contribution in [0.25, 0.3) is 0 Å². The lowest BCUT2D eigenvalue weighted by Gasteiger charge is -2.11. The van der Waals surface area contributed by atoms with Gasteiger partial charge < -0.3 is 10.5 Å². The first kappa shape index (κ1) is 16.0. The minimum atomic E-state index is -0.259. The molecule has 2 aromatic carbocycles. The molecule has 2 aromatic rings. The van der Waals surface area contributed by atoms with Gasteiger partial charge in [0.25, 0.3) is 0 Å². The van der Waals surface area contributed by atoms with Crippen LogP contribution < -0.4 is 10.5 Å². The second-order valence-corrected chi connectivity index (χ2v) is 4.32. The van der Waals surface area contributed by atoms with Gasteiger partial charge in [-0.05, 0) is 23.3 Å². The van der Waals surface area contributed by atoms with Crippen LogP contribution in [0.1, 0.15) is 23.6 Å². The fourth-order valence-electron chi connectivity index (χ4n) is 1.79. The van der Waals surface area contributed by atoms with Crippen LogP contribution in [-0.2, 0) is 6.61 Å². The summed E-state index contributed by atoms with van der Waals surface area (Å²) in [4.78, 5) is 0. The van der Waals surface area contributed by atoms with Crippen LogP contribution in [0.15, 0.2) is 54.6 Å². The van der Waals surface area contributed by atoms with Gasteiger partial charge in [-0.3, -0.25) is 0 Å². The third kappa shape index (κ3) is 4.58. The van der Waals surface area contributed by atoms with Gasteiger partial charge in [0.15, 0.2) is 0 Å². The minimum Gasteiger partial charge on any atom is -0.489 e. The van der Waals surface area contributed by atoms with Crippen molar-refractivity contribution >= 4 is 12.4 Å². The van der Waals surface area contributed by atoms with Crippen LogP contribution in [0, 0.1) is 11.3 Å². The first-order valence-corrected chi connectivity index (χ1v) is 6.19. The standard InChI is InChI=1S/C16H16N2O.ClH/c17-10-9-16(18)14-7-4-8-15(11-14)19-12-13-5-2-1-3-6-13;/h1-8,11,16H,9,12,18H2;1H/t16-;/m1./s1. The number of nitrogens with two attached hydrogens (primary N) is 1.